The Kier molecular flexibility index (Phi) is 4.93. The molecule has 0 bridgehead atoms. The number of nitrogens with zero attached hydrogens (tertiary/aromatic N) is 2. The monoisotopic (exact) mass is 306 g/mol. The highest BCUT2D eigenvalue weighted by Crippen LogP contribution is 2.33. The number of fused-ring (bicyclic) bond motifs is 1. The minimum absolute atomic E-state index is 0.0373. The molecule has 0 amide bonds. The van der Waals surface area contributed by atoms with Crippen molar-refractivity contribution in [3.8, 4) is 0 Å². The van der Waals surface area contributed by atoms with Crippen LogP contribution in [0.1, 0.15) is 38.8 Å². The van der Waals surface area contributed by atoms with E-state index in [0.29, 0.717) is 5.92 Å². The molecular formula is C16H22N2O2S. The molecule has 1 N–H and O–H groups in total. The molecule has 2 atom stereocenters. The van der Waals surface area contributed by atoms with Gasteiger partial charge in [0.25, 0.3) is 0 Å². The molecule has 0 saturated carbocycles. The predicted octanol–water partition coefficient (Wildman–Crippen LogP) is 4.13. The van der Waals surface area contributed by atoms with Gasteiger partial charge < -0.3 is 9.67 Å². The Morgan fingerprint density at radius 1 is 1.43 bits per heavy atom. The van der Waals surface area contributed by atoms with Crippen molar-refractivity contribution in [1.82, 2.24) is 9.55 Å². The molecule has 0 aliphatic heterocycles. The summed E-state index contributed by atoms with van der Waals surface area (Å²) in [5.41, 5.74) is 3.24. The number of benzene rings is 1. The Bertz CT molecular complexity index is 651. The van der Waals surface area contributed by atoms with Crippen LogP contribution in [0.15, 0.2) is 23.4 Å². The number of hydrogen-bond donors (Lipinski definition) is 1. The van der Waals surface area contributed by atoms with E-state index < -0.39 is 5.97 Å². The summed E-state index contributed by atoms with van der Waals surface area (Å²) in [4.78, 5) is 15.5. The average molecular weight is 306 g/mol. The van der Waals surface area contributed by atoms with Crippen molar-refractivity contribution >= 4 is 28.8 Å². The second-order valence-electron chi connectivity index (χ2n) is 5.52. The van der Waals surface area contributed by atoms with Crippen molar-refractivity contribution < 1.29 is 9.90 Å². The number of aromatic nitrogens is 2. The van der Waals surface area contributed by atoms with Crippen LogP contribution in [0.4, 0.5) is 0 Å². The van der Waals surface area contributed by atoms with E-state index in [1.807, 2.05) is 12.1 Å². The third-order valence-electron chi connectivity index (χ3n) is 4.08. The van der Waals surface area contributed by atoms with Crippen LogP contribution in [-0.2, 0) is 4.79 Å². The maximum Gasteiger partial charge on any atom is 0.313 e. The first-order valence-corrected chi connectivity index (χ1v) is 8.26. The summed E-state index contributed by atoms with van der Waals surface area (Å²) in [7, 11) is 0. The molecule has 0 fully saturated rings. The molecule has 114 valence electrons. The molecule has 2 aromatic rings. The zero-order valence-corrected chi connectivity index (χ0v) is 13.8. The Morgan fingerprint density at radius 2 is 2.14 bits per heavy atom. The second kappa shape index (κ2) is 6.52. The standard InChI is InChI=1S/C16H22N2O2S/c1-5-10(2)12(4)18-15-11(3)7-6-8-13(15)17-16(18)21-9-14(19)20/h6-8,10,12H,5,9H2,1-4H3,(H,19,20). The number of aliphatic carboxylic acids is 1. The fourth-order valence-corrected chi connectivity index (χ4v) is 3.31. The molecule has 0 aliphatic carbocycles. The molecule has 2 rings (SSSR count). The molecule has 1 aromatic heterocycles. The zero-order chi connectivity index (χ0) is 15.6. The SMILES string of the molecule is CCC(C)C(C)n1c(SCC(=O)O)nc2cccc(C)c21. The highest BCUT2D eigenvalue weighted by molar-refractivity contribution is 7.99. The highest BCUT2D eigenvalue weighted by atomic mass is 32.2. The van der Waals surface area contributed by atoms with Gasteiger partial charge in [-0.15, -0.1) is 0 Å². The lowest BCUT2D eigenvalue weighted by molar-refractivity contribution is -0.133. The van der Waals surface area contributed by atoms with Gasteiger partial charge in [-0.1, -0.05) is 44.2 Å². The van der Waals surface area contributed by atoms with E-state index in [9.17, 15) is 4.79 Å². The number of rotatable bonds is 6. The summed E-state index contributed by atoms with van der Waals surface area (Å²) in [6.45, 7) is 8.67. The molecule has 5 heteroatoms. The van der Waals surface area contributed by atoms with Crippen molar-refractivity contribution in [2.45, 2.75) is 45.3 Å². The van der Waals surface area contributed by atoms with Gasteiger partial charge in [0.05, 0.1) is 16.8 Å². The first kappa shape index (κ1) is 15.9. The van der Waals surface area contributed by atoms with Crippen LogP contribution in [0, 0.1) is 12.8 Å². The molecule has 2 unspecified atom stereocenters. The van der Waals surface area contributed by atoms with E-state index in [1.54, 1.807) is 0 Å². The van der Waals surface area contributed by atoms with Crippen LogP contribution in [0.5, 0.6) is 0 Å². The normalized spacial score (nSPS) is 14.3. The first-order valence-electron chi connectivity index (χ1n) is 7.27. The lowest BCUT2D eigenvalue weighted by atomic mass is 10.0. The summed E-state index contributed by atoms with van der Waals surface area (Å²) in [6.07, 6.45) is 1.08. The number of thioether (sulfide) groups is 1. The first-order chi connectivity index (χ1) is 9.95. The molecule has 0 spiro atoms. The number of para-hydroxylation sites is 1. The largest absolute Gasteiger partial charge is 0.481 e. The van der Waals surface area contributed by atoms with Crippen molar-refractivity contribution in [1.29, 1.82) is 0 Å². The van der Waals surface area contributed by atoms with Crippen LogP contribution in [0.2, 0.25) is 0 Å². The fraction of sp³-hybridized carbons (Fsp3) is 0.500. The van der Waals surface area contributed by atoms with E-state index in [-0.39, 0.29) is 11.8 Å². The Labute approximate surface area is 129 Å². The molecule has 0 saturated heterocycles. The van der Waals surface area contributed by atoms with E-state index in [2.05, 4.69) is 43.3 Å². The minimum atomic E-state index is -0.813. The topological polar surface area (TPSA) is 55.1 Å². The molecule has 1 aromatic carbocycles. The van der Waals surface area contributed by atoms with Gasteiger partial charge in [-0.05, 0) is 31.4 Å². The quantitative estimate of drug-likeness (QED) is 0.815. The number of aryl methyl sites for hydroxylation is 1. The van der Waals surface area contributed by atoms with Crippen LogP contribution >= 0.6 is 11.8 Å². The highest BCUT2D eigenvalue weighted by Gasteiger charge is 2.21. The van der Waals surface area contributed by atoms with Crippen molar-refractivity contribution in [3.63, 3.8) is 0 Å². The molecule has 0 aliphatic rings. The van der Waals surface area contributed by atoms with Crippen molar-refractivity contribution in [2.24, 2.45) is 5.92 Å². The predicted molar refractivity (Wildman–Crippen MR) is 87.0 cm³/mol. The number of carbonyl (C=O) groups is 1. The van der Waals surface area contributed by atoms with Gasteiger partial charge in [0.1, 0.15) is 0 Å². The number of carboxylic acids is 1. The van der Waals surface area contributed by atoms with Gasteiger partial charge in [0.2, 0.25) is 0 Å². The molecule has 21 heavy (non-hydrogen) atoms. The third kappa shape index (κ3) is 3.23. The van der Waals surface area contributed by atoms with Gasteiger partial charge in [-0.25, -0.2) is 4.98 Å². The van der Waals surface area contributed by atoms with Crippen LogP contribution < -0.4 is 0 Å². The summed E-state index contributed by atoms with van der Waals surface area (Å²) in [6, 6.07) is 6.36. The molecule has 4 nitrogen and oxygen atoms in total. The molecular weight excluding hydrogens is 284 g/mol. The smallest absolute Gasteiger partial charge is 0.313 e. The Hall–Kier alpha value is -1.49. The Balaban J connectivity index is 2.56. The second-order valence-corrected chi connectivity index (χ2v) is 6.46. The fourth-order valence-electron chi connectivity index (χ4n) is 2.50. The molecule has 1 heterocycles. The van der Waals surface area contributed by atoms with Gasteiger partial charge >= 0.3 is 5.97 Å². The van der Waals surface area contributed by atoms with Crippen molar-refractivity contribution in [2.75, 3.05) is 5.75 Å². The van der Waals surface area contributed by atoms with Crippen LogP contribution in [0.3, 0.4) is 0 Å². The lowest BCUT2D eigenvalue weighted by Crippen LogP contribution is -2.15. The maximum atomic E-state index is 10.9. The van der Waals surface area contributed by atoms with Crippen LogP contribution in [0.25, 0.3) is 11.0 Å². The third-order valence-corrected chi connectivity index (χ3v) is 5.02. The molecule has 0 radical (unpaired) electrons. The van der Waals surface area contributed by atoms with E-state index >= 15 is 0 Å². The van der Waals surface area contributed by atoms with Gasteiger partial charge in [0.15, 0.2) is 5.16 Å². The summed E-state index contributed by atoms with van der Waals surface area (Å²) in [5, 5.41) is 9.73. The van der Waals surface area contributed by atoms with E-state index in [1.165, 1.54) is 17.3 Å². The summed E-state index contributed by atoms with van der Waals surface area (Å²) < 4.78 is 2.21. The van der Waals surface area contributed by atoms with Crippen LogP contribution in [-0.4, -0.2) is 26.4 Å². The summed E-state index contributed by atoms with van der Waals surface area (Å²) in [5.74, 6) is -0.270. The number of imidazole rings is 1. The Morgan fingerprint density at radius 3 is 2.76 bits per heavy atom. The van der Waals surface area contributed by atoms with Gasteiger partial charge in [-0.2, -0.15) is 0 Å². The minimum Gasteiger partial charge on any atom is -0.481 e. The average Bonchev–Trinajstić information content (AvgIpc) is 2.83. The zero-order valence-electron chi connectivity index (χ0n) is 13.0. The van der Waals surface area contributed by atoms with Gasteiger partial charge in [-0.3, -0.25) is 4.79 Å². The number of carboxylic acid groups (broad SMARTS) is 1. The summed E-state index contributed by atoms with van der Waals surface area (Å²) >= 11 is 1.30. The van der Waals surface area contributed by atoms with E-state index in [4.69, 9.17) is 5.11 Å². The lowest BCUT2D eigenvalue weighted by Gasteiger charge is -2.23. The number of hydrogen-bond acceptors (Lipinski definition) is 3. The van der Waals surface area contributed by atoms with Gasteiger partial charge in [0, 0.05) is 6.04 Å². The van der Waals surface area contributed by atoms with Crippen molar-refractivity contribution in [3.05, 3.63) is 23.8 Å². The maximum absolute atomic E-state index is 10.9. The van der Waals surface area contributed by atoms with E-state index in [0.717, 1.165) is 22.6 Å².